The molecule has 0 aromatic rings. The molecule has 0 bridgehead atoms. The van der Waals surface area contributed by atoms with Crippen LogP contribution in [0.2, 0.25) is 0 Å². The van der Waals surface area contributed by atoms with Crippen LogP contribution in [0.5, 0.6) is 0 Å². The Kier molecular flexibility index (Phi) is 8.30. The van der Waals surface area contributed by atoms with Crippen LogP contribution in [0.4, 0.5) is 0 Å². The van der Waals surface area contributed by atoms with Crippen LogP contribution in [0.1, 0.15) is 53.9 Å². The van der Waals surface area contributed by atoms with Gasteiger partial charge in [-0.25, -0.2) is 0 Å². The van der Waals surface area contributed by atoms with Crippen LogP contribution in [-0.4, -0.2) is 42.1 Å². The average Bonchev–Trinajstić information content (AvgIpc) is 2.98. The molecule has 0 saturated carbocycles. The highest BCUT2D eigenvalue weighted by Gasteiger charge is 2.33. The molecular weight excluding hydrogens is 282 g/mol. The maximum Gasteiger partial charge on any atom is 0.0731 e. The van der Waals surface area contributed by atoms with Gasteiger partial charge in [0, 0.05) is 11.9 Å². The van der Waals surface area contributed by atoms with Gasteiger partial charge in [0.05, 0.1) is 12.2 Å². The van der Waals surface area contributed by atoms with Crippen molar-refractivity contribution in [3.8, 4) is 0 Å². The van der Waals surface area contributed by atoms with Gasteiger partial charge in [0.2, 0.25) is 0 Å². The molecule has 2 nitrogen and oxygen atoms in total. The molecule has 0 aromatic heterocycles. The summed E-state index contributed by atoms with van der Waals surface area (Å²) < 4.78 is 6.47. The number of likely N-dealkylation sites (tertiary alicyclic amines) is 1. The maximum absolute atomic E-state index is 6.47. The van der Waals surface area contributed by atoms with E-state index in [1.165, 1.54) is 19.4 Å². The van der Waals surface area contributed by atoms with E-state index < -0.39 is 0 Å². The van der Waals surface area contributed by atoms with Gasteiger partial charge in [-0.3, -0.25) is 4.90 Å². The van der Waals surface area contributed by atoms with Crippen molar-refractivity contribution in [1.82, 2.24) is 4.90 Å². The van der Waals surface area contributed by atoms with E-state index in [0.717, 1.165) is 18.5 Å². The predicted molar refractivity (Wildman–Crippen MR) is 93.1 cm³/mol. The van der Waals surface area contributed by atoms with Crippen LogP contribution in [-0.2, 0) is 4.74 Å². The molecular formula is C18H34ClNO. The molecule has 1 rings (SSSR count). The van der Waals surface area contributed by atoms with Crippen molar-refractivity contribution >= 4 is 11.6 Å². The van der Waals surface area contributed by atoms with Gasteiger partial charge in [0.15, 0.2) is 0 Å². The van der Waals surface area contributed by atoms with E-state index >= 15 is 0 Å². The Balaban J connectivity index is 2.61. The molecule has 3 heteroatoms. The fourth-order valence-electron chi connectivity index (χ4n) is 3.42. The number of hydrogen-bond donors (Lipinski definition) is 0. The first-order valence-corrected chi connectivity index (χ1v) is 9.12. The first-order chi connectivity index (χ1) is 9.96. The molecule has 5 atom stereocenters. The molecule has 1 heterocycles. The number of likely N-dealkylation sites (N-methyl/N-ethyl adjacent to an activating group) is 1. The number of rotatable bonds is 9. The van der Waals surface area contributed by atoms with Gasteiger partial charge in [0.25, 0.3) is 0 Å². The monoisotopic (exact) mass is 315 g/mol. The third-order valence-corrected chi connectivity index (χ3v) is 5.73. The van der Waals surface area contributed by atoms with Crippen molar-refractivity contribution < 1.29 is 4.74 Å². The van der Waals surface area contributed by atoms with E-state index in [9.17, 15) is 0 Å². The Morgan fingerprint density at radius 2 is 2.00 bits per heavy atom. The Hall–Kier alpha value is -0.0500. The molecule has 2 unspecified atom stereocenters. The van der Waals surface area contributed by atoms with E-state index in [1.807, 2.05) is 0 Å². The van der Waals surface area contributed by atoms with E-state index in [4.69, 9.17) is 16.3 Å². The molecule has 1 saturated heterocycles. The quantitative estimate of drug-likeness (QED) is 0.451. The second kappa shape index (κ2) is 9.17. The lowest BCUT2D eigenvalue weighted by molar-refractivity contribution is -0.0695. The van der Waals surface area contributed by atoms with Gasteiger partial charge in [-0.15, -0.1) is 11.6 Å². The van der Waals surface area contributed by atoms with E-state index in [2.05, 4.69) is 46.1 Å². The number of halogens is 1. The lowest BCUT2D eigenvalue weighted by Gasteiger charge is -2.35. The van der Waals surface area contributed by atoms with Gasteiger partial charge in [-0.05, 0) is 51.1 Å². The minimum Gasteiger partial charge on any atom is -0.373 e. The fourth-order valence-corrected chi connectivity index (χ4v) is 3.67. The summed E-state index contributed by atoms with van der Waals surface area (Å²) in [6.07, 6.45) is 4.26. The number of nitrogens with zero attached hydrogens (tertiary/aromatic N) is 1. The summed E-state index contributed by atoms with van der Waals surface area (Å²) in [5, 5.41) is 0. The first-order valence-electron chi connectivity index (χ1n) is 8.59. The second-order valence-electron chi connectivity index (χ2n) is 6.57. The fraction of sp³-hybridized carbons (Fsp3) is 0.889. The Morgan fingerprint density at radius 1 is 1.33 bits per heavy atom. The third kappa shape index (κ3) is 4.97. The average molecular weight is 316 g/mol. The van der Waals surface area contributed by atoms with Gasteiger partial charge in [-0.2, -0.15) is 0 Å². The molecule has 124 valence electrons. The van der Waals surface area contributed by atoms with Crippen LogP contribution >= 0.6 is 11.6 Å². The van der Waals surface area contributed by atoms with Crippen LogP contribution in [0.15, 0.2) is 12.2 Å². The molecule has 0 radical (unpaired) electrons. The van der Waals surface area contributed by atoms with Crippen LogP contribution < -0.4 is 0 Å². The number of allylic oxidation sites excluding steroid dienone is 1. The van der Waals surface area contributed by atoms with Crippen molar-refractivity contribution in [2.75, 3.05) is 19.0 Å². The highest BCUT2D eigenvalue weighted by Crippen LogP contribution is 2.29. The zero-order chi connectivity index (χ0) is 16.0. The minimum absolute atomic E-state index is 0.240. The topological polar surface area (TPSA) is 12.5 Å². The summed E-state index contributed by atoms with van der Waals surface area (Å²) in [4.78, 5) is 2.58. The summed E-state index contributed by atoms with van der Waals surface area (Å²) in [7, 11) is 0. The highest BCUT2D eigenvalue weighted by molar-refractivity contribution is 6.19. The highest BCUT2D eigenvalue weighted by atomic mass is 35.5. The molecule has 0 amide bonds. The van der Waals surface area contributed by atoms with E-state index in [-0.39, 0.29) is 6.10 Å². The SMILES string of the molecule is C=C(CCl)C(C)[C@@H](C)[C@@H](C)OC(CC)[C@@H]1CCCN1CC. The standard InChI is InChI=1S/C18H34ClNO/c1-7-18(17-10-9-11-20(17)8-2)21-16(6)15(5)14(4)13(3)12-19/h14-18H,3,7-12H2,1-2,4-6H3/t14?,15-,16-,17+,18?/m1/s1. The Bertz CT molecular complexity index is 320. The normalized spacial score (nSPS) is 25.5. The minimum atomic E-state index is 0.240. The summed E-state index contributed by atoms with van der Waals surface area (Å²) in [5.41, 5.74) is 1.11. The number of ether oxygens (including phenoxy) is 1. The van der Waals surface area contributed by atoms with Crippen molar-refractivity contribution in [1.29, 1.82) is 0 Å². The second-order valence-corrected chi connectivity index (χ2v) is 6.83. The summed E-state index contributed by atoms with van der Waals surface area (Å²) in [5.74, 6) is 1.39. The zero-order valence-electron chi connectivity index (χ0n) is 14.6. The first kappa shape index (κ1) is 19.0. The molecule has 1 aliphatic heterocycles. The molecule has 1 fully saturated rings. The largest absolute Gasteiger partial charge is 0.373 e. The summed E-state index contributed by atoms with van der Waals surface area (Å²) >= 11 is 5.92. The maximum atomic E-state index is 6.47. The number of alkyl halides is 1. The summed E-state index contributed by atoms with van der Waals surface area (Å²) in [6.45, 7) is 17.6. The van der Waals surface area contributed by atoms with Gasteiger partial charge >= 0.3 is 0 Å². The predicted octanol–water partition coefficient (Wildman–Crippen LogP) is 4.72. The van der Waals surface area contributed by atoms with Crippen LogP contribution in [0.25, 0.3) is 0 Å². The van der Waals surface area contributed by atoms with Gasteiger partial charge in [0.1, 0.15) is 0 Å². The molecule has 1 aliphatic rings. The molecule has 0 aliphatic carbocycles. The third-order valence-electron chi connectivity index (χ3n) is 5.39. The molecule has 0 N–H and O–H groups in total. The van der Waals surface area contributed by atoms with Crippen molar-refractivity contribution in [3.05, 3.63) is 12.2 Å². The lowest BCUT2D eigenvalue weighted by Crippen LogP contribution is -2.42. The lowest BCUT2D eigenvalue weighted by atomic mass is 9.86. The van der Waals surface area contributed by atoms with E-state index in [0.29, 0.717) is 29.9 Å². The van der Waals surface area contributed by atoms with Crippen molar-refractivity contribution in [2.45, 2.75) is 72.1 Å². The molecule has 0 aromatic carbocycles. The number of hydrogen-bond acceptors (Lipinski definition) is 2. The summed E-state index contributed by atoms with van der Waals surface area (Å²) in [6, 6.07) is 0.598. The molecule has 0 spiro atoms. The van der Waals surface area contributed by atoms with Crippen molar-refractivity contribution in [2.24, 2.45) is 11.8 Å². The van der Waals surface area contributed by atoms with Crippen LogP contribution in [0.3, 0.4) is 0 Å². The Morgan fingerprint density at radius 3 is 2.52 bits per heavy atom. The Labute approximate surface area is 136 Å². The van der Waals surface area contributed by atoms with Crippen molar-refractivity contribution in [3.63, 3.8) is 0 Å². The molecule has 21 heavy (non-hydrogen) atoms. The van der Waals surface area contributed by atoms with Gasteiger partial charge < -0.3 is 4.74 Å². The zero-order valence-corrected chi connectivity index (χ0v) is 15.3. The van der Waals surface area contributed by atoms with E-state index in [1.54, 1.807) is 0 Å². The van der Waals surface area contributed by atoms with Crippen LogP contribution in [0, 0.1) is 11.8 Å². The smallest absolute Gasteiger partial charge is 0.0731 e. The van der Waals surface area contributed by atoms with Gasteiger partial charge in [-0.1, -0.05) is 39.8 Å².